The monoisotopic (exact) mass is 248 g/mol. The van der Waals surface area contributed by atoms with Gasteiger partial charge in [-0.25, -0.2) is 4.79 Å². The van der Waals surface area contributed by atoms with E-state index in [1.807, 2.05) is 13.0 Å². The Balaban J connectivity index is 1.92. The molecule has 2 heteroatoms. The fourth-order valence-corrected chi connectivity index (χ4v) is 3.71. The molecule has 0 aliphatic heterocycles. The summed E-state index contributed by atoms with van der Waals surface area (Å²) in [5, 5.41) is 0. The first kappa shape index (κ1) is 13.4. The maximum Gasteiger partial charge on any atom is 0.333 e. The molecule has 0 saturated heterocycles. The molecule has 2 nitrogen and oxygen atoms in total. The molecule has 1 saturated carbocycles. The Kier molecular flexibility index (Phi) is 3.65. The molecule has 0 heterocycles. The fraction of sp³-hybridized carbons (Fsp3) is 0.688. The van der Waals surface area contributed by atoms with E-state index in [-0.39, 0.29) is 5.97 Å². The third-order valence-electron chi connectivity index (χ3n) is 5.16. The summed E-state index contributed by atoms with van der Waals surface area (Å²) in [4.78, 5) is 11.3. The molecule has 1 fully saturated rings. The molecule has 0 aromatic carbocycles. The number of esters is 1. The smallest absolute Gasteiger partial charge is 0.333 e. The molecule has 0 spiro atoms. The number of hydrogen-bond acceptors (Lipinski definition) is 2. The average molecular weight is 248 g/mol. The van der Waals surface area contributed by atoms with Crippen molar-refractivity contribution in [2.75, 3.05) is 7.11 Å². The minimum absolute atomic E-state index is 0.204. The van der Waals surface area contributed by atoms with Crippen LogP contribution in [-0.2, 0) is 9.53 Å². The summed E-state index contributed by atoms with van der Waals surface area (Å²) in [6.07, 6.45) is 9.23. The first-order chi connectivity index (χ1) is 8.49. The zero-order chi connectivity index (χ0) is 13.3. The zero-order valence-electron chi connectivity index (χ0n) is 12.0. The molecule has 0 amide bonds. The largest absolute Gasteiger partial charge is 0.466 e. The predicted octanol–water partition coefficient (Wildman–Crippen LogP) is 3.88. The Morgan fingerprint density at radius 3 is 2.89 bits per heavy atom. The average Bonchev–Trinajstić information content (AvgIpc) is 2.36. The molecule has 0 radical (unpaired) electrons. The molecule has 3 aliphatic carbocycles. The molecule has 0 unspecified atom stereocenters. The standard InChI is InChI=1S/C16H24O2/c1-11-7-8-13-10-14(11)16(13,3)9-5-6-12(2)15(17)18-4/h6-7,13-14H,5,8-10H2,1-4H3/b12-6+/t13-,14-,16+/m0/s1. The third kappa shape index (κ3) is 2.13. The zero-order valence-corrected chi connectivity index (χ0v) is 12.0. The van der Waals surface area contributed by atoms with E-state index in [0.717, 1.165) is 23.8 Å². The molecular weight excluding hydrogens is 224 g/mol. The second kappa shape index (κ2) is 4.91. The van der Waals surface area contributed by atoms with Crippen LogP contribution >= 0.6 is 0 Å². The molecule has 2 bridgehead atoms. The molecule has 3 aliphatic rings. The normalized spacial score (nSPS) is 34.7. The predicted molar refractivity (Wildman–Crippen MR) is 73.1 cm³/mol. The lowest BCUT2D eigenvalue weighted by atomic mass is 9.47. The Bertz CT molecular complexity index is 405. The van der Waals surface area contributed by atoms with Gasteiger partial charge in [-0.2, -0.15) is 0 Å². The molecule has 3 atom stereocenters. The molecule has 3 rings (SSSR count). The van der Waals surface area contributed by atoms with Crippen molar-refractivity contribution in [2.45, 2.75) is 46.5 Å². The van der Waals surface area contributed by atoms with Crippen LogP contribution in [0.5, 0.6) is 0 Å². The number of methoxy groups -OCH3 is 1. The number of fused-ring (bicyclic) bond motifs is 1. The molecule has 0 aromatic rings. The number of hydrogen-bond donors (Lipinski definition) is 0. The molecule has 18 heavy (non-hydrogen) atoms. The van der Waals surface area contributed by atoms with E-state index in [2.05, 4.69) is 19.9 Å². The van der Waals surface area contributed by atoms with Crippen LogP contribution in [0.2, 0.25) is 0 Å². The number of carbonyl (C=O) groups is 1. The summed E-state index contributed by atoms with van der Waals surface area (Å²) in [6, 6.07) is 0. The number of ether oxygens (including phenoxy) is 1. The van der Waals surface area contributed by atoms with Gasteiger partial charge in [0, 0.05) is 5.57 Å². The van der Waals surface area contributed by atoms with E-state index < -0.39 is 0 Å². The second-order valence-corrected chi connectivity index (χ2v) is 6.09. The summed E-state index contributed by atoms with van der Waals surface area (Å²) < 4.78 is 4.71. The quantitative estimate of drug-likeness (QED) is 0.429. The van der Waals surface area contributed by atoms with Crippen molar-refractivity contribution in [3.8, 4) is 0 Å². The number of rotatable bonds is 4. The van der Waals surface area contributed by atoms with Crippen molar-refractivity contribution >= 4 is 5.97 Å². The Morgan fingerprint density at radius 1 is 1.61 bits per heavy atom. The van der Waals surface area contributed by atoms with E-state index in [4.69, 9.17) is 4.74 Å². The van der Waals surface area contributed by atoms with Gasteiger partial charge in [-0.1, -0.05) is 24.6 Å². The summed E-state index contributed by atoms with van der Waals surface area (Å²) in [5.41, 5.74) is 2.78. The lowest BCUT2D eigenvalue weighted by Crippen LogP contribution is -2.49. The van der Waals surface area contributed by atoms with Gasteiger partial charge in [0.05, 0.1) is 7.11 Å². The minimum atomic E-state index is -0.204. The number of carbonyl (C=O) groups excluding carboxylic acids is 1. The molecular formula is C16H24O2. The highest BCUT2D eigenvalue weighted by Crippen LogP contribution is 2.61. The summed E-state index contributed by atoms with van der Waals surface area (Å²) >= 11 is 0. The van der Waals surface area contributed by atoms with Crippen molar-refractivity contribution in [2.24, 2.45) is 17.3 Å². The van der Waals surface area contributed by atoms with E-state index in [1.165, 1.54) is 26.4 Å². The van der Waals surface area contributed by atoms with Crippen molar-refractivity contribution in [1.29, 1.82) is 0 Å². The number of allylic oxidation sites excluding steroid dienone is 3. The van der Waals surface area contributed by atoms with Gasteiger partial charge in [0.1, 0.15) is 0 Å². The third-order valence-corrected chi connectivity index (χ3v) is 5.16. The molecule has 0 N–H and O–H groups in total. The maximum atomic E-state index is 11.3. The van der Waals surface area contributed by atoms with Crippen molar-refractivity contribution < 1.29 is 9.53 Å². The van der Waals surface area contributed by atoms with Crippen molar-refractivity contribution in [1.82, 2.24) is 0 Å². The van der Waals surface area contributed by atoms with Gasteiger partial charge in [0.15, 0.2) is 0 Å². The van der Waals surface area contributed by atoms with Gasteiger partial charge in [-0.05, 0) is 56.8 Å². The molecule has 0 aromatic heterocycles. The Labute approximate surface area is 110 Å². The van der Waals surface area contributed by atoms with Crippen LogP contribution in [0.25, 0.3) is 0 Å². The Hall–Kier alpha value is -1.05. The minimum Gasteiger partial charge on any atom is -0.466 e. The van der Waals surface area contributed by atoms with Gasteiger partial charge < -0.3 is 4.74 Å². The maximum absolute atomic E-state index is 11.3. The van der Waals surface area contributed by atoms with Gasteiger partial charge in [-0.15, -0.1) is 0 Å². The first-order valence-corrected chi connectivity index (χ1v) is 6.90. The van der Waals surface area contributed by atoms with Gasteiger partial charge >= 0.3 is 5.97 Å². The summed E-state index contributed by atoms with van der Waals surface area (Å²) in [7, 11) is 1.44. The SMILES string of the molecule is COC(=O)/C(C)=C/CC[C@]1(C)[C@H]2CC=C(C)[C@@H]1C2. The second-order valence-electron chi connectivity index (χ2n) is 6.09. The topological polar surface area (TPSA) is 26.3 Å². The summed E-state index contributed by atoms with van der Waals surface area (Å²) in [6.45, 7) is 6.53. The van der Waals surface area contributed by atoms with Gasteiger partial charge in [0.2, 0.25) is 0 Å². The highest BCUT2D eigenvalue weighted by atomic mass is 16.5. The van der Waals surface area contributed by atoms with Crippen molar-refractivity contribution in [3.63, 3.8) is 0 Å². The first-order valence-electron chi connectivity index (χ1n) is 6.90. The van der Waals surface area contributed by atoms with Crippen LogP contribution < -0.4 is 0 Å². The highest BCUT2D eigenvalue weighted by molar-refractivity contribution is 5.87. The lowest BCUT2D eigenvalue weighted by molar-refractivity contribution is -0.136. The van der Waals surface area contributed by atoms with E-state index in [9.17, 15) is 4.79 Å². The summed E-state index contributed by atoms with van der Waals surface area (Å²) in [5.74, 6) is 1.44. The van der Waals surface area contributed by atoms with Crippen LogP contribution in [0, 0.1) is 17.3 Å². The molecule has 100 valence electrons. The Morgan fingerprint density at radius 2 is 2.33 bits per heavy atom. The van der Waals surface area contributed by atoms with Crippen molar-refractivity contribution in [3.05, 3.63) is 23.3 Å². The highest BCUT2D eigenvalue weighted by Gasteiger charge is 2.52. The van der Waals surface area contributed by atoms with Crippen LogP contribution in [-0.4, -0.2) is 13.1 Å². The van der Waals surface area contributed by atoms with Crippen LogP contribution in [0.4, 0.5) is 0 Å². The van der Waals surface area contributed by atoms with E-state index >= 15 is 0 Å². The van der Waals surface area contributed by atoms with Crippen LogP contribution in [0.15, 0.2) is 23.3 Å². The van der Waals surface area contributed by atoms with E-state index in [1.54, 1.807) is 5.57 Å². The van der Waals surface area contributed by atoms with Gasteiger partial charge in [-0.3, -0.25) is 0 Å². The lowest BCUT2D eigenvalue weighted by Gasteiger charge is -2.58. The van der Waals surface area contributed by atoms with Crippen LogP contribution in [0.3, 0.4) is 0 Å². The van der Waals surface area contributed by atoms with E-state index in [0.29, 0.717) is 5.41 Å². The fourth-order valence-electron chi connectivity index (χ4n) is 3.71. The van der Waals surface area contributed by atoms with Gasteiger partial charge in [0.25, 0.3) is 0 Å². The van der Waals surface area contributed by atoms with Crippen LogP contribution in [0.1, 0.15) is 46.5 Å².